The topological polar surface area (TPSA) is 18.5 Å². The zero-order valence-corrected chi connectivity index (χ0v) is 10.5. The zero-order chi connectivity index (χ0) is 12.2. The van der Waals surface area contributed by atoms with Gasteiger partial charge < -0.3 is 9.47 Å². The van der Waals surface area contributed by atoms with Gasteiger partial charge in [0.25, 0.3) is 0 Å². The van der Waals surface area contributed by atoms with E-state index in [-0.39, 0.29) is 0 Å². The maximum Gasteiger partial charge on any atom is 0.119 e. The van der Waals surface area contributed by atoms with Gasteiger partial charge in [0.15, 0.2) is 0 Å². The third-order valence-corrected chi connectivity index (χ3v) is 3.93. The highest BCUT2D eigenvalue weighted by atomic mass is 16.5. The van der Waals surface area contributed by atoms with Crippen LogP contribution in [-0.2, 0) is 4.74 Å². The van der Waals surface area contributed by atoms with Crippen molar-refractivity contribution in [3.8, 4) is 5.75 Å². The van der Waals surface area contributed by atoms with E-state index in [1.807, 2.05) is 24.3 Å². The molecule has 1 radical (unpaired) electrons. The molecule has 2 aliphatic carbocycles. The molecule has 1 aromatic carbocycles. The van der Waals surface area contributed by atoms with Gasteiger partial charge in [-0.1, -0.05) is 24.3 Å². The van der Waals surface area contributed by atoms with Gasteiger partial charge in [-0.25, -0.2) is 0 Å². The third kappa shape index (κ3) is 2.75. The minimum atomic E-state index is 0.626. The normalized spacial score (nSPS) is 28.8. The van der Waals surface area contributed by atoms with E-state index in [9.17, 15) is 0 Å². The third-order valence-electron chi connectivity index (χ3n) is 3.93. The van der Waals surface area contributed by atoms with Crippen LogP contribution < -0.4 is 4.74 Å². The first-order valence-corrected chi connectivity index (χ1v) is 6.77. The first kappa shape index (κ1) is 11.8. The molecule has 3 rings (SSSR count). The van der Waals surface area contributed by atoms with E-state index in [0.717, 1.165) is 30.1 Å². The summed E-state index contributed by atoms with van der Waals surface area (Å²) in [6.45, 7) is 2.19. The number of ether oxygens (including phenoxy) is 2. The minimum Gasteiger partial charge on any atom is -0.491 e. The summed E-state index contributed by atoms with van der Waals surface area (Å²) in [4.78, 5) is 0. The number of benzene rings is 1. The van der Waals surface area contributed by atoms with Crippen molar-refractivity contribution in [2.75, 3.05) is 19.8 Å². The van der Waals surface area contributed by atoms with Crippen molar-refractivity contribution >= 4 is 0 Å². The molecule has 3 unspecified atom stereocenters. The Labute approximate surface area is 109 Å². The summed E-state index contributed by atoms with van der Waals surface area (Å²) in [7, 11) is 0. The predicted octanol–water partition coefficient (Wildman–Crippen LogP) is 3.09. The molecule has 2 nitrogen and oxygen atoms in total. The number of hydrogen-bond acceptors (Lipinski definition) is 2. The van der Waals surface area contributed by atoms with Crippen molar-refractivity contribution in [1.29, 1.82) is 0 Å². The van der Waals surface area contributed by atoms with Crippen LogP contribution in [0.15, 0.2) is 36.4 Å². The first-order chi connectivity index (χ1) is 8.92. The molecule has 0 N–H and O–H groups in total. The summed E-state index contributed by atoms with van der Waals surface area (Å²) >= 11 is 0. The molecule has 18 heavy (non-hydrogen) atoms. The number of rotatable bonds is 6. The van der Waals surface area contributed by atoms with Gasteiger partial charge in [0.2, 0.25) is 0 Å². The second-order valence-electron chi connectivity index (χ2n) is 5.20. The smallest absolute Gasteiger partial charge is 0.119 e. The molecule has 0 spiro atoms. The lowest BCUT2D eigenvalue weighted by Crippen LogP contribution is -2.17. The fourth-order valence-electron chi connectivity index (χ4n) is 3.01. The van der Waals surface area contributed by atoms with Gasteiger partial charge in [0.1, 0.15) is 12.4 Å². The number of fused-ring (bicyclic) bond motifs is 2. The van der Waals surface area contributed by atoms with Gasteiger partial charge >= 0.3 is 0 Å². The molecule has 0 saturated heterocycles. The van der Waals surface area contributed by atoms with Gasteiger partial charge in [0, 0.05) is 0 Å². The van der Waals surface area contributed by atoms with Crippen LogP contribution in [-0.4, -0.2) is 19.8 Å². The molecule has 3 atom stereocenters. The molecule has 1 aromatic rings. The molecule has 1 fully saturated rings. The molecule has 2 bridgehead atoms. The lowest BCUT2D eigenvalue weighted by Gasteiger charge is -2.17. The first-order valence-electron chi connectivity index (χ1n) is 6.77. The van der Waals surface area contributed by atoms with Crippen molar-refractivity contribution in [2.45, 2.75) is 12.8 Å². The van der Waals surface area contributed by atoms with E-state index in [2.05, 4.69) is 18.2 Å². The van der Waals surface area contributed by atoms with Crippen LogP contribution in [0.1, 0.15) is 12.8 Å². The Kier molecular flexibility index (Phi) is 3.65. The van der Waals surface area contributed by atoms with E-state index < -0.39 is 0 Å². The Morgan fingerprint density at radius 1 is 1.11 bits per heavy atom. The van der Waals surface area contributed by atoms with E-state index in [0.29, 0.717) is 13.2 Å². The van der Waals surface area contributed by atoms with Crippen LogP contribution in [0.5, 0.6) is 5.75 Å². The van der Waals surface area contributed by atoms with Crippen molar-refractivity contribution in [3.63, 3.8) is 0 Å². The van der Waals surface area contributed by atoms with Crippen molar-refractivity contribution < 1.29 is 9.47 Å². The summed E-state index contributed by atoms with van der Waals surface area (Å²) in [5, 5.41) is 0. The highest BCUT2D eigenvalue weighted by Crippen LogP contribution is 2.43. The zero-order valence-electron chi connectivity index (χ0n) is 10.5. The predicted molar refractivity (Wildman–Crippen MR) is 70.4 cm³/mol. The summed E-state index contributed by atoms with van der Waals surface area (Å²) in [5.41, 5.74) is 0. The van der Waals surface area contributed by atoms with E-state index in [1.165, 1.54) is 12.8 Å². The second kappa shape index (κ2) is 5.57. The Morgan fingerprint density at radius 3 is 2.72 bits per heavy atom. The Bertz CT molecular complexity index is 399. The number of allylic oxidation sites excluding steroid dienone is 2. The van der Waals surface area contributed by atoms with Gasteiger partial charge in [-0.2, -0.15) is 0 Å². The van der Waals surface area contributed by atoms with E-state index in [4.69, 9.17) is 9.47 Å². The minimum absolute atomic E-state index is 0.626. The lowest BCUT2D eigenvalue weighted by atomic mass is 9.95. The van der Waals surface area contributed by atoms with Gasteiger partial charge in [0.05, 0.1) is 13.2 Å². The quantitative estimate of drug-likeness (QED) is 0.564. The van der Waals surface area contributed by atoms with Crippen LogP contribution in [0, 0.1) is 23.8 Å². The molecule has 0 aliphatic heterocycles. The summed E-state index contributed by atoms with van der Waals surface area (Å²) in [5.74, 6) is 3.24. The molecular formula is C16H19O2. The average Bonchev–Trinajstić information content (AvgIpc) is 3.02. The Hall–Kier alpha value is -1.28. The average molecular weight is 243 g/mol. The molecule has 2 aliphatic rings. The SMILES string of the molecule is [c]1ccc(OCCOCC2CC3C=CC2C3)cc1. The molecule has 0 aromatic heterocycles. The fraction of sp³-hybridized carbons (Fsp3) is 0.500. The summed E-state index contributed by atoms with van der Waals surface area (Å²) < 4.78 is 11.3. The summed E-state index contributed by atoms with van der Waals surface area (Å²) in [6, 6.07) is 10.5. The molecule has 1 saturated carbocycles. The van der Waals surface area contributed by atoms with Gasteiger partial charge in [-0.15, -0.1) is 0 Å². The summed E-state index contributed by atoms with van der Waals surface area (Å²) in [6.07, 6.45) is 7.41. The van der Waals surface area contributed by atoms with Crippen molar-refractivity contribution in [1.82, 2.24) is 0 Å². The maximum absolute atomic E-state index is 5.73. The molecule has 0 heterocycles. The van der Waals surface area contributed by atoms with Crippen LogP contribution in [0.2, 0.25) is 0 Å². The largest absolute Gasteiger partial charge is 0.491 e. The molecule has 95 valence electrons. The van der Waals surface area contributed by atoms with Gasteiger partial charge in [-0.05, 0) is 48.8 Å². The van der Waals surface area contributed by atoms with Crippen molar-refractivity contribution in [3.05, 3.63) is 42.5 Å². The van der Waals surface area contributed by atoms with Crippen molar-refractivity contribution in [2.24, 2.45) is 17.8 Å². The van der Waals surface area contributed by atoms with Crippen LogP contribution in [0.3, 0.4) is 0 Å². The monoisotopic (exact) mass is 243 g/mol. The standard InChI is InChI=1S/C16H19O2/c1-2-4-16(5-3-1)18-9-8-17-12-15-11-13-6-7-14(15)10-13/h2-7,13-15H,8-12H2. The van der Waals surface area contributed by atoms with E-state index in [1.54, 1.807) is 0 Å². The van der Waals surface area contributed by atoms with Crippen LogP contribution >= 0.6 is 0 Å². The van der Waals surface area contributed by atoms with Crippen LogP contribution in [0.4, 0.5) is 0 Å². The Balaban J connectivity index is 1.30. The molecular weight excluding hydrogens is 224 g/mol. The maximum atomic E-state index is 5.73. The second-order valence-corrected chi connectivity index (χ2v) is 5.20. The lowest BCUT2D eigenvalue weighted by molar-refractivity contribution is 0.0674. The number of hydrogen-bond donors (Lipinski definition) is 0. The fourth-order valence-corrected chi connectivity index (χ4v) is 3.01. The highest BCUT2D eigenvalue weighted by Gasteiger charge is 2.35. The Morgan fingerprint density at radius 2 is 2.00 bits per heavy atom. The van der Waals surface area contributed by atoms with Gasteiger partial charge in [-0.3, -0.25) is 0 Å². The van der Waals surface area contributed by atoms with Crippen LogP contribution in [0.25, 0.3) is 0 Å². The highest BCUT2D eigenvalue weighted by molar-refractivity contribution is 5.20. The molecule has 0 amide bonds. The van der Waals surface area contributed by atoms with E-state index >= 15 is 0 Å². The molecule has 2 heteroatoms.